The lowest BCUT2D eigenvalue weighted by molar-refractivity contribution is -0.143. The van der Waals surface area contributed by atoms with E-state index in [0.717, 1.165) is 12.8 Å². The molecule has 2 aromatic carbocycles. The van der Waals surface area contributed by atoms with Crippen molar-refractivity contribution in [2.45, 2.75) is 31.8 Å². The first kappa shape index (κ1) is 20.3. The van der Waals surface area contributed by atoms with E-state index in [-0.39, 0.29) is 29.6 Å². The summed E-state index contributed by atoms with van der Waals surface area (Å²) in [4.78, 5) is 26.8. The number of hydrogen-bond acceptors (Lipinski definition) is 4. The predicted octanol–water partition coefficient (Wildman–Crippen LogP) is 3.97. The maximum atomic E-state index is 13.7. The molecule has 0 saturated carbocycles. The molecule has 2 aromatic rings. The molecule has 158 valence electrons. The Hall–Kier alpha value is -2.93. The third-order valence-electron chi connectivity index (χ3n) is 5.57. The van der Waals surface area contributed by atoms with Crippen molar-refractivity contribution in [2.24, 2.45) is 5.92 Å². The Bertz CT molecular complexity index is 888. The van der Waals surface area contributed by atoms with Gasteiger partial charge in [0.2, 0.25) is 5.91 Å². The predicted molar refractivity (Wildman–Crippen MR) is 110 cm³/mol. The molecule has 2 aliphatic heterocycles. The number of piperidine rings is 1. The topological polar surface area (TPSA) is 67.9 Å². The van der Waals surface area contributed by atoms with E-state index in [1.54, 1.807) is 42.5 Å². The first-order chi connectivity index (χ1) is 14.6. The molecule has 2 amide bonds. The first-order valence-corrected chi connectivity index (χ1v) is 10.3. The molecule has 1 atom stereocenters. The zero-order valence-electron chi connectivity index (χ0n) is 16.7. The van der Waals surface area contributed by atoms with Crippen molar-refractivity contribution < 1.29 is 23.5 Å². The average Bonchev–Trinajstić information content (AvgIpc) is 3.31. The van der Waals surface area contributed by atoms with E-state index in [1.165, 1.54) is 6.07 Å². The van der Waals surface area contributed by atoms with Crippen LogP contribution in [0.25, 0.3) is 0 Å². The van der Waals surface area contributed by atoms with Crippen molar-refractivity contribution in [2.75, 3.05) is 25.0 Å². The van der Waals surface area contributed by atoms with Crippen molar-refractivity contribution in [1.82, 2.24) is 4.90 Å². The summed E-state index contributed by atoms with van der Waals surface area (Å²) in [7, 11) is 0. The molecule has 0 unspecified atom stereocenters. The van der Waals surface area contributed by atoms with Crippen LogP contribution in [-0.4, -0.2) is 42.5 Å². The van der Waals surface area contributed by atoms with Crippen LogP contribution < -0.4 is 10.1 Å². The van der Waals surface area contributed by atoms with Crippen molar-refractivity contribution in [3.63, 3.8) is 0 Å². The number of anilines is 1. The second-order valence-electron chi connectivity index (χ2n) is 7.65. The second-order valence-corrected chi connectivity index (χ2v) is 7.65. The Morgan fingerprint density at radius 3 is 2.43 bits per heavy atom. The van der Waals surface area contributed by atoms with Crippen LogP contribution in [0.5, 0.6) is 11.5 Å². The molecule has 0 radical (unpaired) electrons. The van der Waals surface area contributed by atoms with Gasteiger partial charge in [0.05, 0.1) is 0 Å². The lowest BCUT2D eigenvalue weighted by Gasteiger charge is -2.32. The summed E-state index contributed by atoms with van der Waals surface area (Å²) >= 11 is 0. The Balaban J connectivity index is 1.27. The van der Waals surface area contributed by atoms with E-state index in [0.29, 0.717) is 44.0 Å². The fourth-order valence-electron chi connectivity index (χ4n) is 3.84. The molecular formula is C23H25FN2O4. The van der Waals surface area contributed by atoms with Crippen molar-refractivity contribution in [3.05, 3.63) is 54.3 Å². The minimum atomic E-state index is -0.431. The molecule has 2 saturated heterocycles. The number of halogens is 1. The molecule has 2 aliphatic rings. The van der Waals surface area contributed by atoms with Gasteiger partial charge in [-0.3, -0.25) is 9.59 Å². The van der Waals surface area contributed by atoms with Gasteiger partial charge in [-0.25, -0.2) is 4.39 Å². The number of ether oxygens (including phenoxy) is 2. The molecular weight excluding hydrogens is 387 g/mol. The van der Waals surface area contributed by atoms with Crippen LogP contribution in [0.1, 0.15) is 25.7 Å². The Morgan fingerprint density at radius 2 is 1.77 bits per heavy atom. The molecule has 0 aromatic heterocycles. The van der Waals surface area contributed by atoms with Crippen LogP contribution in [0.2, 0.25) is 0 Å². The molecule has 7 heteroatoms. The molecule has 2 fully saturated rings. The van der Waals surface area contributed by atoms with Gasteiger partial charge >= 0.3 is 0 Å². The van der Waals surface area contributed by atoms with Crippen molar-refractivity contribution in [1.29, 1.82) is 0 Å². The lowest BCUT2D eigenvalue weighted by atomic mass is 9.95. The number of nitrogens with zero attached hydrogens (tertiary/aromatic N) is 1. The van der Waals surface area contributed by atoms with E-state index in [9.17, 15) is 14.0 Å². The number of carbonyl (C=O) groups is 2. The van der Waals surface area contributed by atoms with Crippen LogP contribution >= 0.6 is 0 Å². The van der Waals surface area contributed by atoms with Crippen LogP contribution in [-0.2, 0) is 14.3 Å². The van der Waals surface area contributed by atoms with E-state index < -0.39 is 5.82 Å². The maximum absolute atomic E-state index is 13.7. The quantitative estimate of drug-likeness (QED) is 0.807. The van der Waals surface area contributed by atoms with Gasteiger partial charge in [0.25, 0.3) is 5.91 Å². The molecule has 2 heterocycles. The monoisotopic (exact) mass is 412 g/mol. The first-order valence-electron chi connectivity index (χ1n) is 10.3. The summed E-state index contributed by atoms with van der Waals surface area (Å²) in [5, 5.41) is 2.92. The Kier molecular flexibility index (Phi) is 6.28. The molecule has 1 N–H and O–H groups in total. The summed E-state index contributed by atoms with van der Waals surface area (Å²) < 4.78 is 24.7. The highest BCUT2D eigenvalue weighted by atomic mass is 19.1. The number of amides is 2. The summed E-state index contributed by atoms with van der Waals surface area (Å²) in [6, 6.07) is 13.0. The summed E-state index contributed by atoms with van der Waals surface area (Å²) in [5.41, 5.74) is 0.652. The summed E-state index contributed by atoms with van der Waals surface area (Å²) in [6.07, 6.45) is 2.69. The van der Waals surface area contributed by atoms with E-state index in [2.05, 4.69) is 5.32 Å². The van der Waals surface area contributed by atoms with E-state index in [1.807, 2.05) is 4.90 Å². The Morgan fingerprint density at radius 1 is 1.03 bits per heavy atom. The number of carbonyl (C=O) groups excluding carboxylic acids is 2. The number of likely N-dealkylation sites (tertiary alicyclic amines) is 1. The molecule has 6 nitrogen and oxygen atoms in total. The van der Waals surface area contributed by atoms with Gasteiger partial charge in [-0.1, -0.05) is 12.1 Å². The molecule has 4 rings (SSSR count). The van der Waals surface area contributed by atoms with Crippen molar-refractivity contribution in [3.8, 4) is 11.5 Å². The van der Waals surface area contributed by atoms with Crippen LogP contribution in [0, 0.1) is 11.7 Å². The largest absolute Gasteiger partial charge is 0.454 e. The maximum Gasteiger partial charge on any atom is 0.251 e. The fourth-order valence-corrected chi connectivity index (χ4v) is 3.84. The Labute approximate surface area is 175 Å². The smallest absolute Gasteiger partial charge is 0.251 e. The highest BCUT2D eigenvalue weighted by molar-refractivity contribution is 5.92. The lowest BCUT2D eigenvalue weighted by Crippen LogP contribution is -2.45. The van der Waals surface area contributed by atoms with Gasteiger partial charge in [0.1, 0.15) is 11.9 Å². The van der Waals surface area contributed by atoms with Gasteiger partial charge in [-0.2, -0.15) is 0 Å². The summed E-state index contributed by atoms with van der Waals surface area (Å²) in [6.45, 7) is 1.80. The van der Waals surface area contributed by atoms with E-state index >= 15 is 0 Å². The number of hydrogen-bond donors (Lipinski definition) is 1. The molecule has 0 bridgehead atoms. The number of rotatable bonds is 5. The van der Waals surface area contributed by atoms with Crippen molar-refractivity contribution >= 4 is 17.5 Å². The van der Waals surface area contributed by atoms with Crippen LogP contribution in [0.15, 0.2) is 48.5 Å². The van der Waals surface area contributed by atoms with Gasteiger partial charge in [-0.15, -0.1) is 0 Å². The normalized spacial score (nSPS) is 19.5. The SMILES string of the molecule is O=C(Nc1ccc(Oc2ccccc2F)cc1)C1CCN(C(=O)[C@@H]2CCCO2)CC1. The van der Waals surface area contributed by atoms with Gasteiger partial charge in [0.15, 0.2) is 11.6 Å². The minimum Gasteiger partial charge on any atom is -0.454 e. The number of benzene rings is 2. The van der Waals surface area contributed by atoms with E-state index in [4.69, 9.17) is 9.47 Å². The third-order valence-corrected chi connectivity index (χ3v) is 5.57. The fraction of sp³-hybridized carbons (Fsp3) is 0.391. The zero-order valence-corrected chi connectivity index (χ0v) is 16.7. The summed E-state index contributed by atoms with van der Waals surface area (Å²) in [5.74, 6) is 0.0727. The van der Waals surface area contributed by atoms with Crippen LogP contribution in [0.4, 0.5) is 10.1 Å². The average molecular weight is 412 g/mol. The van der Waals surface area contributed by atoms with Gasteiger partial charge < -0.3 is 19.7 Å². The number of para-hydroxylation sites is 1. The highest BCUT2D eigenvalue weighted by Gasteiger charge is 2.32. The van der Waals surface area contributed by atoms with Gasteiger partial charge in [0, 0.05) is 31.3 Å². The molecule has 0 spiro atoms. The van der Waals surface area contributed by atoms with Gasteiger partial charge in [-0.05, 0) is 62.1 Å². The molecule has 0 aliphatic carbocycles. The highest BCUT2D eigenvalue weighted by Crippen LogP contribution is 2.26. The molecule has 30 heavy (non-hydrogen) atoms. The standard InChI is InChI=1S/C23H25FN2O4/c24-19-4-1-2-5-20(19)30-18-9-7-17(8-10-18)25-22(27)16-11-13-26(14-12-16)23(28)21-6-3-15-29-21/h1-2,4-5,7-10,16,21H,3,6,11-15H2,(H,25,27)/t21-/m0/s1. The minimum absolute atomic E-state index is 0.0526. The van der Waals surface area contributed by atoms with Crippen LogP contribution in [0.3, 0.4) is 0 Å². The second kappa shape index (κ2) is 9.26. The number of nitrogens with one attached hydrogen (secondary N) is 1. The third kappa shape index (κ3) is 4.79. The zero-order chi connectivity index (χ0) is 20.9.